The third-order valence-corrected chi connectivity index (χ3v) is 3.29. The van der Waals surface area contributed by atoms with Crippen LogP contribution < -0.4 is 0 Å². The van der Waals surface area contributed by atoms with Crippen LogP contribution in [0.3, 0.4) is 0 Å². The SMILES string of the molecule is CCN(CCCO)Cc1nn(C)c2ccccc12. The summed E-state index contributed by atoms with van der Waals surface area (Å²) in [7, 11) is 1.98. The molecule has 0 aliphatic heterocycles. The van der Waals surface area contributed by atoms with Crippen LogP contribution in [0.4, 0.5) is 0 Å². The fourth-order valence-corrected chi connectivity index (χ4v) is 2.26. The van der Waals surface area contributed by atoms with E-state index in [9.17, 15) is 0 Å². The van der Waals surface area contributed by atoms with Gasteiger partial charge in [-0.15, -0.1) is 0 Å². The van der Waals surface area contributed by atoms with Gasteiger partial charge < -0.3 is 5.11 Å². The van der Waals surface area contributed by atoms with Crippen LogP contribution >= 0.6 is 0 Å². The summed E-state index contributed by atoms with van der Waals surface area (Å²) in [5.74, 6) is 0. The molecule has 4 nitrogen and oxygen atoms in total. The third kappa shape index (κ3) is 2.71. The van der Waals surface area contributed by atoms with E-state index in [4.69, 9.17) is 5.11 Å². The molecule has 1 heterocycles. The minimum Gasteiger partial charge on any atom is -0.396 e. The van der Waals surface area contributed by atoms with Gasteiger partial charge >= 0.3 is 0 Å². The van der Waals surface area contributed by atoms with Crippen LogP contribution in [0.15, 0.2) is 24.3 Å². The summed E-state index contributed by atoms with van der Waals surface area (Å²) in [4.78, 5) is 2.31. The molecule has 0 aliphatic carbocycles. The summed E-state index contributed by atoms with van der Waals surface area (Å²) in [5, 5.41) is 14.7. The van der Waals surface area contributed by atoms with Crippen molar-refractivity contribution < 1.29 is 5.11 Å². The van der Waals surface area contributed by atoms with Crippen molar-refractivity contribution in [2.45, 2.75) is 19.9 Å². The second-order valence-corrected chi connectivity index (χ2v) is 4.53. The van der Waals surface area contributed by atoms with E-state index in [2.05, 4.69) is 35.1 Å². The Bertz CT molecular complexity index is 507. The van der Waals surface area contributed by atoms with E-state index in [0.29, 0.717) is 0 Å². The van der Waals surface area contributed by atoms with E-state index in [0.717, 1.165) is 31.7 Å². The number of fused-ring (bicyclic) bond motifs is 1. The molecule has 2 rings (SSSR count). The number of aromatic nitrogens is 2. The van der Waals surface area contributed by atoms with Crippen LogP contribution in [0.1, 0.15) is 19.0 Å². The molecule has 1 aromatic carbocycles. The minimum absolute atomic E-state index is 0.249. The number of aliphatic hydroxyl groups excluding tert-OH is 1. The van der Waals surface area contributed by atoms with Gasteiger partial charge in [-0.25, -0.2) is 0 Å². The zero-order valence-electron chi connectivity index (χ0n) is 11.1. The summed E-state index contributed by atoms with van der Waals surface area (Å²) in [6.07, 6.45) is 0.818. The summed E-state index contributed by atoms with van der Waals surface area (Å²) >= 11 is 0. The Morgan fingerprint density at radius 3 is 2.83 bits per heavy atom. The van der Waals surface area contributed by atoms with Gasteiger partial charge in [-0.2, -0.15) is 5.10 Å². The standard InChI is InChI=1S/C14H21N3O/c1-3-17(9-6-10-18)11-13-12-7-4-5-8-14(12)16(2)15-13/h4-5,7-8,18H,3,6,9-11H2,1-2H3. The molecule has 0 saturated heterocycles. The molecule has 4 heteroatoms. The molecule has 0 bridgehead atoms. The number of benzene rings is 1. The zero-order chi connectivity index (χ0) is 13.0. The maximum absolute atomic E-state index is 8.91. The maximum atomic E-state index is 8.91. The molecule has 0 saturated carbocycles. The van der Waals surface area contributed by atoms with E-state index in [1.807, 2.05) is 17.8 Å². The molecule has 0 amide bonds. The largest absolute Gasteiger partial charge is 0.396 e. The first kappa shape index (κ1) is 13.1. The van der Waals surface area contributed by atoms with Crippen molar-refractivity contribution in [3.8, 4) is 0 Å². The highest BCUT2D eigenvalue weighted by Gasteiger charge is 2.11. The Balaban J connectivity index is 2.20. The van der Waals surface area contributed by atoms with Crippen molar-refractivity contribution >= 4 is 10.9 Å². The smallest absolute Gasteiger partial charge is 0.0843 e. The van der Waals surface area contributed by atoms with Crippen molar-refractivity contribution in [1.82, 2.24) is 14.7 Å². The second kappa shape index (κ2) is 5.98. The van der Waals surface area contributed by atoms with Crippen molar-refractivity contribution in [2.24, 2.45) is 7.05 Å². The van der Waals surface area contributed by atoms with E-state index < -0.39 is 0 Å². The van der Waals surface area contributed by atoms with Gasteiger partial charge in [-0.05, 0) is 19.0 Å². The first-order valence-electron chi connectivity index (χ1n) is 6.50. The van der Waals surface area contributed by atoms with E-state index in [-0.39, 0.29) is 6.61 Å². The number of aliphatic hydroxyl groups is 1. The topological polar surface area (TPSA) is 41.3 Å². The molecule has 2 aromatic rings. The summed E-state index contributed by atoms with van der Waals surface area (Å²) in [6.45, 7) is 5.13. The fourth-order valence-electron chi connectivity index (χ4n) is 2.26. The first-order chi connectivity index (χ1) is 8.76. The van der Waals surface area contributed by atoms with Gasteiger partial charge in [0.15, 0.2) is 0 Å². The maximum Gasteiger partial charge on any atom is 0.0843 e. The first-order valence-corrected chi connectivity index (χ1v) is 6.50. The van der Waals surface area contributed by atoms with Gasteiger partial charge in [0.2, 0.25) is 0 Å². The van der Waals surface area contributed by atoms with Crippen LogP contribution in [0.25, 0.3) is 10.9 Å². The number of hydrogen-bond donors (Lipinski definition) is 1. The van der Waals surface area contributed by atoms with Crippen molar-refractivity contribution in [3.63, 3.8) is 0 Å². The van der Waals surface area contributed by atoms with Crippen LogP contribution in [-0.2, 0) is 13.6 Å². The lowest BCUT2D eigenvalue weighted by atomic mass is 10.2. The number of hydrogen-bond acceptors (Lipinski definition) is 3. The highest BCUT2D eigenvalue weighted by molar-refractivity contribution is 5.81. The molecule has 98 valence electrons. The van der Waals surface area contributed by atoms with Crippen molar-refractivity contribution in [1.29, 1.82) is 0 Å². The Kier molecular flexibility index (Phi) is 4.33. The molecule has 0 atom stereocenters. The summed E-state index contributed by atoms with van der Waals surface area (Å²) in [6, 6.07) is 8.31. The van der Waals surface area contributed by atoms with Crippen LogP contribution in [0, 0.1) is 0 Å². The normalized spacial score (nSPS) is 11.6. The highest BCUT2D eigenvalue weighted by atomic mass is 16.3. The average Bonchev–Trinajstić information content (AvgIpc) is 2.72. The number of rotatable bonds is 6. The Labute approximate surface area is 108 Å². The van der Waals surface area contributed by atoms with E-state index in [1.54, 1.807) is 0 Å². The van der Waals surface area contributed by atoms with Gasteiger partial charge in [0, 0.05) is 32.1 Å². The monoisotopic (exact) mass is 247 g/mol. The predicted octanol–water partition coefficient (Wildman–Crippen LogP) is 1.78. The third-order valence-electron chi connectivity index (χ3n) is 3.29. The lowest BCUT2D eigenvalue weighted by molar-refractivity contribution is 0.224. The summed E-state index contributed by atoms with van der Waals surface area (Å²) in [5.41, 5.74) is 2.29. The molecule has 1 N–H and O–H groups in total. The van der Waals surface area contributed by atoms with Gasteiger partial charge in [0.25, 0.3) is 0 Å². The van der Waals surface area contributed by atoms with E-state index in [1.165, 1.54) is 10.9 Å². The summed E-state index contributed by atoms with van der Waals surface area (Å²) < 4.78 is 1.94. The minimum atomic E-state index is 0.249. The Morgan fingerprint density at radius 2 is 2.11 bits per heavy atom. The number of aryl methyl sites for hydroxylation is 1. The molecule has 0 radical (unpaired) electrons. The second-order valence-electron chi connectivity index (χ2n) is 4.53. The van der Waals surface area contributed by atoms with Gasteiger partial charge in [0.1, 0.15) is 0 Å². The molecule has 0 spiro atoms. The molecular formula is C14H21N3O. The predicted molar refractivity (Wildman–Crippen MR) is 73.4 cm³/mol. The molecule has 0 aliphatic rings. The molecule has 1 aromatic heterocycles. The number of para-hydroxylation sites is 1. The van der Waals surface area contributed by atoms with Crippen molar-refractivity contribution in [3.05, 3.63) is 30.0 Å². The van der Waals surface area contributed by atoms with E-state index >= 15 is 0 Å². The average molecular weight is 247 g/mol. The molecule has 0 unspecified atom stereocenters. The lowest BCUT2D eigenvalue weighted by Crippen LogP contribution is -2.25. The number of nitrogens with zero attached hydrogens (tertiary/aromatic N) is 3. The van der Waals surface area contributed by atoms with Crippen LogP contribution in [0.5, 0.6) is 0 Å². The Hall–Kier alpha value is -1.39. The van der Waals surface area contributed by atoms with Gasteiger partial charge in [-0.1, -0.05) is 25.1 Å². The lowest BCUT2D eigenvalue weighted by Gasteiger charge is -2.18. The van der Waals surface area contributed by atoms with Crippen LogP contribution in [-0.4, -0.2) is 39.5 Å². The van der Waals surface area contributed by atoms with Crippen molar-refractivity contribution in [2.75, 3.05) is 19.7 Å². The Morgan fingerprint density at radius 1 is 1.33 bits per heavy atom. The quantitative estimate of drug-likeness (QED) is 0.846. The van der Waals surface area contributed by atoms with Gasteiger partial charge in [-0.3, -0.25) is 9.58 Å². The molecule has 0 fully saturated rings. The molecular weight excluding hydrogens is 226 g/mol. The van der Waals surface area contributed by atoms with Gasteiger partial charge in [0.05, 0.1) is 11.2 Å². The fraction of sp³-hybridized carbons (Fsp3) is 0.500. The van der Waals surface area contributed by atoms with Crippen LogP contribution in [0.2, 0.25) is 0 Å². The highest BCUT2D eigenvalue weighted by Crippen LogP contribution is 2.18. The zero-order valence-corrected chi connectivity index (χ0v) is 11.1. The molecule has 18 heavy (non-hydrogen) atoms.